The van der Waals surface area contributed by atoms with Crippen LogP contribution >= 0.6 is 0 Å². The molecule has 0 unspecified atom stereocenters. The Morgan fingerprint density at radius 3 is 1.72 bits per heavy atom. The first-order chi connectivity index (χ1) is 12.3. The van der Waals surface area contributed by atoms with Crippen molar-refractivity contribution < 1.29 is 33.2 Å². The molecule has 25 heavy (non-hydrogen) atoms. The van der Waals surface area contributed by atoms with E-state index in [0.29, 0.717) is 83.1 Å². The Morgan fingerprint density at radius 1 is 0.720 bits per heavy atom. The molecule has 0 aromatic heterocycles. The van der Waals surface area contributed by atoms with E-state index in [1.807, 2.05) is 6.92 Å². The molecule has 0 atom stereocenters. The smallest absolute Gasteiger partial charge is 0.164 e. The maximum Gasteiger partial charge on any atom is 0.164 e. The first kappa shape index (κ1) is 19.7. The number of aldehydes is 1. The maximum atomic E-state index is 11.1. The van der Waals surface area contributed by atoms with Crippen LogP contribution in [-0.2, 0) is 18.9 Å². The molecule has 1 aromatic carbocycles. The largest absolute Gasteiger partial charge is 0.487 e. The van der Waals surface area contributed by atoms with Crippen molar-refractivity contribution >= 4 is 6.29 Å². The van der Waals surface area contributed by atoms with Crippen molar-refractivity contribution in [3.05, 3.63) is 23.3 Å². The van der Waals surface area contributed by atoms with Gasteiger partial charge in [-0.1, -0.05) is 0 Å². The van der Waals surface area contributed by atoms with Crippen LogP contribution in [0.3, 0.4) is 0 Å². The summed E-state index contributed by atoms with van der Waals surface area (Å²) < 4.78 is 33.3. The Kier molecular flexibility index (Phi) is 9.28. The summed E-state index contributed by atoms with van der Waals surface area (Å²) >= 11 is 0. The topological polar surface area (TPSA) is 72.5 Å². The van der Waals surface area contributed by atoms with Crippen LogP contribution in [0.15, 0.2) is 12.1 Å². The Balaban J connectivity index is 1.97. The molecular formula is C18H26O7. The van der Waals surface area contributed by atoms with Crippen LogP contribution in [0, 0.1) is 6.92 Å². The van der Waals surface area contributed by atoms with Crippen molar-refractivity contribution in [3.63, 3.8) is 0 Å². The molecule has 1 aliphatic rings. The molecule has 0 aliphatic carbocycles. The Labute approximate surface area is 148 Å². The molecule has 0 N–H and O–H groups in total. The van der Waals surface area contributed by atoms with Crippen molar-refractivity contribution in [1.82, 2.24) is 0 Å². The highest BCUT2D eigenvalue weighted by molar-refractivity contribution is 5.79. The Bertz CT molecular complexity index is 518. The van der Waals surface area contributed by atoms with E-state index in [1.165, 1.54) is 0 Å². The van der Waals surface area contributed by atoms with Crippen LogP contribution in [0.4, 0.5) is 0 Å². The number of benzene rings is 1. The van der Waals surface area contributed by atoms with Gasteiger partial charge in [-0.3, -0.25) is 4.79 Å². The van der Waals surface area contributed by atoms with E-state index in [0.717, 1.165) is 11.8 Å². The van der Waals surface area contributed by atoms with Gasteiger partial charge < -0.3 is 28.4 Å². The lowest BCUT2D eigenvalue weighted by molar-refractivity contribution is -0.00844. The van der Waals surface area contributed by atoms with Gasteiger partial charge >= 0.3 is 0 Å². The van der Waals surface area contributed by atoms with Crippen LogP contribution in [0.1, 0.15) is 15.9 Å². The van der Waals surface area contributed by atoms with Gasteiger partial charge in [0.05, 0.1) is 52.9 Å². The van der Waals surface area contributed by atoms with Crippen molar-refractivity contribution in [2.24, 2.45) is 0 Å². The van der Waals surface area contributed by atoms with Crippen LogP contribution < -0.4 is 9.47 Å². The van der Waals surface area contributed by atoms with Gasteiger partial charge in [0, 0.05) is 11.1 Å². The predicted octanol–water partition coefficient (Wildman–Crippen LogP) is 1.65. The van der Waals surface area contributed by atoms with E-state index < -0.39 is 0 Å². The fourth-order valence-electron chi connectivity index (χ4n) is 2.28. The van der Waals surface area contributed by atoms with Gasteiger partial charge in [-0.2, -0.15) is 0 Å². The second-order valence-electron chi connectivity index (χ2n) is 5.37. The van der Waals surface area contributed by atoms with E-state index >= 15 is 0 Å². The molecule has 1 aromatic rings. The van der Waals surface area contributed by atoms with E-state index in [4.69, 9.17) is 28.4 Å². The summed E-state index contributed by atoms with van der Waals surface area (Å²) in [4.78, 5) is 11.1. The lowest BCUT2D eigenvalue weighted by atomic mass is 10.1. The molecule has 0 saturated heterocycles. The minimum atomic E-state index is 0.360. The van der Waals surface area contributed by atoms with Gasteiger partial charge in [0.1, 0.15) is 19.5 Å². The second kappa shape index (κ2) is 11.8. The van der Waals surface area contributed by atoms with Gasteiger partial charge in [0.25, 0.3) is 0 Å². The summed E-state index contributed by atoms with van der Waals surface area (Å²) in [7, 11) is 0. The summed E-state index contributed by atoms with van der Waals surface area (Å²) in [5.41, 5.74) is 1.33. The Morgan fingerprint density at radius 2 is 1.20 bits per heavy atom. The summed E-state index contributed by atoms with van der Waals surface area (Å²) in [6.07, 6.45) is 0.807. The van der Waals surface area contributed by atoms with Gasteiger partial charge in [-0.25, -0.2) is 0 Å². The van der Waals surface area contributed by atoms with Crippen LogP contribution in [0.25, 0.3) is 0 Å². The average Bonchev–Trinajstić information content (AvgIpc) is 2.62. The highest BCUT2D eigenvalue weighted by Crippen LogP contribution is 2.32. The predicted molar refractivity (Wildman–Crippen MR) is 90.8 cm³/mol. The maximum absolute atomic E-state index is 11.1. The highest BCUT2D eigenvalue weighted by Gasteiger charge is 2.13. The van der Waals surface area contributed by atoms with E-state index in [9.17, 15) is 4.79 Å². The fraction of sp³-hybridized carbons (Fsp3) is 0.611. The lowest BCUT2D eigenvalue weighted by Crippen LogP contribution is -2.16. The summed E-state index contributed by atoms with van der Waals surface area (Å²) in [5.74, 6) is 1.15. The number of hydrogen-bond acceptors (Lipinski definition) is 7. The molecule has 2 rings (SSSR count). The summed E-state index contributed by atoms with van der Waals surface area (Å²) in [6, 6.07) is 3.46. The van der Waals surface area contributed by atoms with Crippen LogP contribution in [0.5, 0.6) is 11.5 Å². The van der Waals surface area contributed by atoms with Crippen LogP contribution in [-0.4, -0.2) is 72.4 Å². The monoisotopic (exact) mass is 354 g/mol. The quantitative estimate of drug-likeness (QED) is 0.710. The SMILES string of the molecule is Cc1c(C=O)ccc2c1OCCOCCOCCOCCOCCO2. The fourth-order valence-corrected chi connectivity index (χ4v) is 2.28. The van der Waals surface area contributed by atoms with E-state index in [1.54, 1.807) is 12.1 Å². The molecule has 0 saturated carbocycles. The van der Waals surface area contributed by atoms with Gasteiger partial charge in [-0.05, 0) is 19.1 Å². The number of fused-ring (bicyclic) bond motifs is 1. The molecule has 140 valence electrons. The van der Waals surface area contributed by atoms with Crippen molar-refractivity contribution in [2.75, 3.05) is 66.1 Å². The molecule has 0 radical (unpaired) electrons. The minimum Gasteiger partial charge on any atom is -0.487 e. The van der Waals surface area contributed by atoms with Crippen molar-refractivity contribution in [3.8, 4) is 11.5 Å². The molecule has 0 spiro atoms. The van der Waals surface area contributed by atoms with Crippen LogP contribution in [0.2, 0.25) is 0 Å². The van der Waals surface area contributed by atoms with Crippen molar-refractivity contribution in [1.29, 1.82) is 0 Å². The molecular weight excluding hydrogens is 328 g/mol. The molecule has 7 nitrogen and oxygen atoms in total. The third-order valence-electron chi connectivity index (χ3n) is 3.61. The normalized spacial score (nSPS) is 18.8. The molecule has 1 aliphatic heterocycles. The van der Waals surface area contributed by atoms with E-state index in [2.05, 4.69) is 0 Å². The zero-order valence-corrected chi connectivity index (χ0v) is 14.7. The Hall–Kier alpha value is -1.67. The lowest BCUT2D eigenvalue weighted by Gasteiger charge is -2.16. The standard InChI is InChI=1S/C18H26O7/c1-15-16(14-19)2-3-17-18(15)25-13-11-23-9-7-21-5-4-20-6-8-22-10-12-24-17/h2-3,14H,4-13H2,1H3. The third-order valence-corrected chi connectivity index (χ3v) is 3.61. The highest BCUT2D eigenvalue weighted by atomic mass is 16.6. The van der Waals surface area contributed by atoms with E-state index in [-0.39, 0.29) is 0 Å². The zero-order valence-electron chi connectivity index (χ0n) is 14.7. The number of hydrogen-bond donors (Lipinski definition) is 0. The molecule has 0 bridgehead atoms. The molecule has 0 fully saturated rings. The second-order valence-corrected chi connectivity index (χ2v) is 5.37. The minimum absolute atomic E-state index is 0.360. The zero-order chi connectivity index (χ0) is 17.7. The van der Waals surface area contributed by atoms with Gasteiger partial charge in [-0.15, -0.1) is 0 Å². The molecule has 7 heteroatoms. The van der Waals surface area contributed by atoms with Crippen molar-refractivity contribution in [2.45, 2.75) is 6.92 Å². The first-order valence-corrected chi connectivity index (χ1v) is 8.48. The summed E-state index contributed by atoms with van der Waals surface area (Å²) in [6.45, 7) is 6.52. The number of carbonyl (C=O) groups excluding carboxylic acids is 1. The first-order valence-electron chi connectivity index (χ1n) is 8.48. The average molecular weight is 354 g/mol. The third kappa shape index (κ3) is 6.99. The summed E-state index contributed by atoms with van der Waals surface area (Å²) in [5, 5.41) is 0. The number of rotatable bonds is 1. The molecule has 1 heterocycles. The molecule has 0 amide bonds. The van der Waals surface area contributed by atoms with Gasteiger partial charge in [0.15, 0.2) is 11.5 Å². The van der Waals surface area contributed by atoms with Gasteiger partial charge in [0.2, 0.25) is 0 Å². The number of carbonyl (C=O) groups is 1. The number of ether oxygens (including phenoxy) is 6.